The van der Waals surface area contributed by atoms with Gasteiger partial charge in [0.15, 0.2) is 0 Å². The van der Waals surface area contributed by atoms with E-state index in [1.807, 2.05) is 0 Å². The fourth-order valence-corrected chi connectivity index (χ4v) is 3.85. The third-order valence-corrected chi connectivity index (χ3v) is 5.49. The Morgan fingerprint density at radius 1 is 0.560 bits per heavy atom. The van der Waals surface area contributed by atoms with E-state index < -0.39 is 0 Å². The maximum Gasteiger partial charge on any atom is -0.0235 e. The smallest absolute Gasteiger partial charge is 0.0235 e. The Morgan fingerprint density at radius 2 is 1.04 bits per heavy atom. The number of benzene rings is 1. The van der Waals surface area contributed by atoms with Gasteiger partial charge >= 0.3 is 0 Å². The lowest BCUT2D eigenvalue weighted by Crippen LogP contribution is -2.04. The van der Waals surface area contributed by atoms with E-state index in [1.165, 1.54) is 102 Å². The van der Waals surface area contributed by atoms with Crippen LogP contribution < -0.4 is 0 Å². The van der Waals surface area contributed by atoms with Gasteiger partial charge in [-0.2, -0.15) is 0 Å². The highest BCUT2D eigenvalue weighted by molar-refractivity contribution is 5.43. The maximum atomic E-state index is 4.38. The number of hydrogen-bond donors (Lipinski definition) is 0. The van der Waals surface area contributed by atoms with Crippen LogP contribution in [0.5, 0.6) is 0 Å². The first kappa shape index (κ1) is 22.3. The van der Waals surface area contributed by atoms with E-state index in [4.69, 9.17) is 0 Å². The first-order valence-electron chi connectivity index (χ1n) is 11.2. The molecule has 0 aliphatic heterocycles. The monoisotopic (exact) mass is 343 g/mol. The van der Waals surface area contributed by atoms with Gasteiger partial charge in [0, 0.05) is 0 Å². The van der Waals surface area contributed by atoms with E-state index in [1.54, 1.807) is 16.7 Å². The summed E-state index contributed by atoms with van der Waals surface area (Å²) in [6.45, 7) is 11.3. The minimum atomic E-state index is 1.24. The maximum absolute atomic E-state index is 4.38. The highest BCUT2D eigenvalue weighted by Crippen LogP contribution is 2.25. The highest BCUT2D eigenvalue weighted by Gasteiger charge is 2.11. The van der Waals surface area contributed by atoms with Gasteiger partial charge in [0.1, 0.15) is 0 Å². The zero-order valence-corrected chi connectivity index (χ0v) is 17.5. The minimum absolute atomic E-state index is 1.24. The Labute approximate surface area is 158 Å². The second kappa shape index (κ2) is 14.4. The minimum Gasteiger partial charge on any atom is -0.0654 e. The van der Waals surface area contributed by atoms with Crippen molar-refractivity contribution in [2.45, 2.75) is 117 Å². The molecule has 143 valence electrons. The van der Waals surface area contributed by atoms with E-state index in [2.05, 4.69) is 39.8 Å². The fraction of sp³-hybridized carbons (Fsp3) is 0.720. The second-order valence-electron chi connectivity index (χ2n) is 7.77. The lowest BCUT2D eigenvalue weighted by molar-refractivity contribution is 0.639. The molecule has 1 aromatic carbocycles. The van der Waals surface area contributed by atoms with Crippen LogP contribution in [0.4, 0.5) is 0 Å². The largest absolute Gasteiger partial charge is 0.0654 e. The number of hydrogen-bond acceptors (Lipinski definition) is 0. The SMILES string of the molecule is [CH2]c1ccc(CCCCCC)c(CCCCCC)c1CCCCCC. The summed E-state index contributed by atoms with van der Waals surface area (Å²) in [5.41, 5.74) is 6.20. The Hall–Kier alpha value is -0.780. The molecule has 1 aromatic rings. The molecule has 0 heteroatoms. The van der Waals surface area contributed by atoms with Gasteiger partial charge in [0.25, 0.3) is 0 Å². The van der Waals surface area contributed by atoms with Crippen molar-refractivity contribution in [1.29, 1.82) is 0 Å². The fourth-order valence-electron chi connectivity index (χ4n) is 3.85. The van der Waals surface area contributed by atoms with Gasteiger partial charge in [-0.15, -0.1) is 0 Å². The van der Waals surface area contributed by atoms with E-state index >= 15 is 0 Å². The predicted molar refractivity (Wildman–Crippen MR) is 114 cm³/mol. The van der Waals surface area contributed by atoms with Gasteiger partial charge in [-0.1, -0.05) is 90.7 Å². The molecule has 0 N–H and O–H groups in total. The summed E-state index contributed by atoms with van der Waals surface area (Å²) in [5.74, 6) is 0. The Bertz CT molecular complexity index is 444. The molecule has 0 aromatic heterocycles. The molecule has 0 saturated carbocycles. The zero-order valence-electron chi connectivity index (χ0n) is 17.5. The third-order valence-electron chi connectivity index (χ3n) is 5.49. The molecule has 1 radical (unpaired) electrons. The Kier molecular flexibility index (Phi) is 12.8. The molecule has 0 unspecified atom stereocenters. The van der Waals surface area contributed by atoms with Crippen LogP contribution in [-0.4, -0.2) is 0 Å². The quantitative estimate of drug-likeness (QED) is 0.281. The van der Waals surface area contributed by atoms with Crippen LogP contribution >= 0.6 is 0 Å². The molecule has 25 heavy (non-hydrogen) atoms. The summed E-state index contributed by atoms with van der Waals surface area (Å²) in [5, 5.41) is 0. The van der Waals surface area contributed by atoms with Crippen LogP contribution in [0.25, 0.3) is 0 Å². The van der Waals surface area contributed by atoms with Crippen LogP contribution in [0.3, 0.4) is 0 Å². The number of unbranched alkanes of at least 4 members (excludes halogenated alkanes) is 9. The molecule has 0 spiro atoms. The third kappa shape index (κ3) is 8.93. The molecular formula is C25H43. The number of rotatable bonds is 15. The summed E-state index contributed by atoms with van der Waals surface area (Å²) < 4.78 is 0. The molecular weight excluding hydrogens is 300 g/mol. The molecule has 0 aliphatic carbocycles. The second-order valence-corrected chi connectivity index (χ2v) is 7.77. The van der Waals surface area contributed by atoms with Gasteiger partial charge in [-0.25, -0.2) is 0 Å². The van der Waals surface area contributed by atoms with Gasteiger partial charge < -0.3 is 0 Å². The molecule has 0 saturated heterocycles. The zero-order chi connectivity index (χ0) is 18.3. The van der Waals surface area contributed by atoms with Crippen molar-refractivity contribution >= 4 is 0 Å². The molecule has 0 heterocycles. The molecule has 0 bridgehead atoms. The molecule has 0 aliphatic rings. The van der Waals surface area contributed by atoms with Crippen molar-refractivity contribution in [3.63, 3.8) is 0 Å². The van der Waals surface area contributed by atoms with Crippen molar-refractivity contribution in [1.82, 2.24) is 0 Å². The molecule has 0 atom stereocenters. The Balaban J connectivity index is 2.80. The van der Waals surface area contributed by atoms with E-state index in [0.29, 0.717) is 0 Å². The van der Waals surface area contributed by atoms with Crippen molar-refractivity contribution in [3.8, 4) is 0 Å². The van der Waals surface area contributed by atoms with E-state index in [0.717, 1.165) is 0 Å². The van der Waals surface area contributed by atoms with Crippen molar-refractivity contribution in [2.24, 2.45) is 0 Å². The van der Waals surface area contributed by atoms with Gasteiger partial charge in [-0.3, -0.25) is 0 Å². The normalized spacial score (nSPS) is 11.2. The first-order valence-corrected chi connectivity index (χ1v) is 11.2. The Morgan fingerprint density at radius 3 is 1.56 bits per heavy atom. The first-order chi connectivity index (χ1) is 12.2. The van der Waals surface area contributed by atoms with Crippen molar-refractivity contribution < 1.29 is 0 Å². The van der Waals surface area contributed by atoms with E-state index in [9.17, 15) is 0 Å². The highest BCUT2D eigenvalue weighted by atomic mass is 14.2. The van der Waals surface area contributed by atoms with Crippen LogP contribution in [0, 0.1) is 6.92 Å². The summed E-state index contributed by atoms with van der Waals surface area (Å²) in [7, 11) is 0. The summed E-state index contributed by atoms with van der Waals surface area (Å²) in [4.78, 5) is 0. The molecule has 1 rings (SSSR count). The summed E-state index contributed by atoms with van der Waals surface area (Å²) in [6, 6.07) is 4.68. The standard InChI is InChI=1S/C25H43/c1-5-8-11-14-17-23-21-20-22(4)24(18-15-12-9-6-2)25(23)19-16-13-10-7-3/h20-21H,4-19H2,1-3H3. The van der Waals surface area contributed by atoms with Crippen LogP contribution in [0.15, 0.2) is 12.1 Å². The van der Waals surface area contributed by atoms with Gasteiger partial charge in [0.05, 0.1) is 0 Å². The van der Waals surface area contributed by atoms with Crippen molar-refractivity contribution in [3.05, 3.63) is 41.3 Å². The lowest BCUT2D eigenvalue weighted by Gasteiger charge is -2.18. The molecule has 0 fully saturated rings. The van der Waals surface area contributed by atoms with Crippen LogP contribution in [0.2, 0.25) is 0 Å². The van der Waals surface area contributed by atoms with Gasteiger partial charge in [-0.05, 0) is 67.7 Å². The average molecular weight is 344 g/mol. The van der Waals surface area contributed by atoms with Crippen LogP contribution in [-0.2, 0) is 19.3 Å². The predicted octanol–water partition coefficient (Wildman–Crippen LogP) is 8.24. The summed E-state index contributed by atoms with van der Waals surface area (Å²) in [6.07, 6.45) is 20.0. The molecule has 0 amide bonds. The topological polar surface area (TPSA) is 0 Å². The van der Waals surface area contributed by atoms with Gasteiger partial charge in [0.2, 0.25) is 0 Å². The number of aryl methyl sites for hydroxylation is 1. The van der Waals surface area contributed by atoms with E-state index in [-0.39, 0.29) is 0 Å². The van der Waals surface area contributed by atoms with Crippen LogP contribution in [0.1, 0.15) is 120 Å². The average Bonchev–Trinajstić information content (AvgIpc) is 2.62. The summed E-state index contributed by atoms with van der Waals surface area (Å²) >= 11 is 0. The molecule has 0 nitrogen and oxygen atoms in total. The van der Waals surface area contributed by atoms with Crippen molar-refractivity contribution in [2.75, 3.05) is 0 Å². The lowest BCUT2D eigenvalue weighted by atomic mass is 9.87.